The van der Waals surface area contributed by atoms with Gasteiger partial charge in [-0.3, -0.25) is 0 Å². The van der Waals surface area contributed by atoms with Gasteiger partial charge in [-0.1, -0.05) is 42.3 Å². The van der Waals surface area contributed by atoms with E-state index in [-0.39, 0.29) is 0 Å². The van der Waals surface area contributed by atoms with Crippen molar-refractivity contribution in [3.05, 3.63) is 41.7 Å². The summed E-state index contributed by atoms with van der Waals surface area (Å²) in [5.41, 5.74) is 0.645. The molecule has 0 N–H and O–H groups in total. The fourth-order valence-corrected chi connectivity index (χ4v) is 5.05. The van der Waals surface area contributed by atoms with E-state index in [1.54, 1.807) is 11.8 Å². The van der Waals surface area contributed by atoms with Crippen LogP contribution in [0.2, 0.25) is 5.02 Å². The van der Waals surface area contributed by atoms with Crippen LogP contribution in [-0.2, 0) is 0 Å². The van der Waals surface area contributed by atoms with Gasteiger partial charge in [0.2, 0.25) is 0 Å². The minimum Gasteiger partial charge on any atom is -0.355 e. The van der Waals surface area contributed by atoms with Gasteiger partial charge in [-0.2, -0.15) is 0 Å². The molecule has 0 radical (unpaired) electrons. The zero-order valence-corrected chi connectivity index (χ0v) is 15.3. The van der Waals surface area contributed by atoms with Crippen LogP contribution in [0.1, 0.15) is 38.5 Å². The molecule has 1 aliphatic heterocycles. The molecule has 1 saturated carbocycles. The Labute approximate surface area is 152 Å². The lowest BCUT2D eigenvalue weighted by Crippen LogP contribution is -2.39. The zero-order chi connectivity index (χ0) is 16.4. The topological polar surface area (TPSA) is 29.0 Å². The molecule has 2 heterocycles. The van der Waals surface area contributed by atoms with Crippen molar-refractivity contribution >= 4 is 29.2 Å². The second-order valence-electron chi connectivity index (χ2n) is 6.97. The number of anilines is 1. The number of nitrogens with zero attached hydrogens (tertiary/aromatic N) is 3. The molecule has 1 aromatic carbocycles. The summed E-state index contributed by atoms with van der Waals surface area (Å²) in [6.45, 7) is 2.24. The zero-order valence-electron chi connectivity index (χ0n) is 13.7. The first-order chi connectivity index (χ1) is 11.7. The van der Waals surface area contributed by atoms with Crippen molar-refractivity contribution < 1.29 is 0 Å². The first-order valence-electron chi connectivity index (χ1n) is 8.73. The van der Waals surface area contributed by atoms with Crippen molar-refractivity contribution in [1.82, 2.24) is 9.97 Å². The Balaban J connectivity index is 1.39. The van der Waals surface area contributed by atoms with Crippen molar-refractivity contribution in [1.29, 1.82) is 0 Å². The predicted octanol–water partition coefficient (Wildman–Crippen LogP) is 5.44. The lowest BCUT2D eigenvalue weighted by Gasteiger charge is -2.39. The van der Waals surface area contributed by atoms with Gasteiger partial charge in [0, 0.05) is 23.0 Å². The van der Waals surface area contributed by atoms with Crippen molar-refractivity contribution in [2.45, 2.75) is 48.4 Å². The van der Waals surface area contributed by atoms with E-state index in [0.29, 0.717) is 5.41 Å². The Morgan fingerprint density at radius 2 is 1.79 bits per heavy atom. The Kier molecular flexibility index (Phi) is 4.68. The number of piperidine rings is 1. The highest BCUT2D eigenvalue weighted by Gasteiger charge is 2.37. The van der Waals surface area contributed by atoms with E-state index in [1.807, 2.05) is 36.7 Å². The van der Waals surface area contributed by atoms with E-state index in [2.05, 4.69) is 14.9 Å². The Bertz CT molecular complexity index is 688. The number of hydrogen-bond acceptors (Lipinski definition) is 4. The van der Waals surface area contributed by atoms with E-state index < -0.39 is 0 Å². The molecule has 1 spiro atoms. The molecule has 0 amide bonds. The van der Waals surface area contributed by atoms with Gasteiger partial charge in [-0.25, -0.2) is 9.97 Å². The fourth-order valence-electron chi connectivity index (χ4n) is 4.01. The molecule has 2 aliphatic rings. The van der Waals surface area contributed by atoms with Gasteiger partial charge in [0.25, 0.3) is 0 Å². The van der Waals surface area contributed by atoms with Gasteiger partial charge in [0.05, 0.1) is 12.4 Å². The van der Waals surface area contributed by atoms with Crippen molar-refractivity contribution in [3.63, 3.8) is 0 Å². The summed E-state index contributed by atoms with van der Waals surface area (Å²) in [6, 6.07) is 7.83. The first-order valence-corrected chi connectivity index (χ1v) is 9.92. The van der Waals surface area contributed by atoms with Gasteiger partial charge < -0.3 is 4.90 Å². The molecule has 5 heteroatoms. The average molecular weight is 360 g/mol. The van der Waals surface area contributed by atoms with Crippen LogP contribution < -0.4 is 4.90 Å². The molecular weight excluding hydrogens is 338 g/mol. The molecule has 1 aromatic heterocycles. The lowest BCUT2D eigenvalue weighted by molar-refractivity contribution is 0.226. The lowest BCUT2D eigenvalue weighted by atomic mass is 9.77. The van der Waals surface area contributed by atoms with Crippen LogP contribution in [0.15, 0.2) is 46.6 Å². The smallest absolute Gasteiger partial charge is 0.147 e. The largest absolute Gasteiger partial charge is 0.355 e. The SMILES string of the molecule is Clc1cccc(Sc2cnc(N3CCC4(CCCC4)CC3)cn2)c1. The van der Waals surface area contributed by atoms with Gasteiger partial charge in [-0.05, 0) is 49.3 Å². The van der Waals surface area contributed by atoms with Crippen LogP contribution in [0.5, 0.6) is 0 Å². The Morgan fingerprint density at radius 1 is 1.00 bits per heavy atom. The maximum atomic E-state index is 6.03. The number of benzene rings is 1. The van der Waals surface area contributed by atoms with E-state index in [9.17, 15) is 0 Å². The van der Waals surface area contributed by atoms with E-state index in [0.717, 1.165) is 33.9 Å². The molecule has 4 rings (SSSR count). The molecule has 0 unspecified atom stereocenters. The standard InChI is InChI=1S/C19H22ClN3S/c20-15-4-3-5-16(12-15)24-18-14-21-17(13-22-18)23-10-8-19(9-11-23)6-1-2-7-19/h3-5,12-14H,1-2,6-11H2. The predicted molar refractivity (Wildman–Crippen MR) is 100.0 cm³/mol. The molecule has 0 bridgehead atoms. The number of hydrogen-bond donors (Lipinski definition) is 0. The average Bonchev–Trinajstić information content (AvgIpc) is 3.05. The van der Waals surface area contributed by atoms with Crippen molar-refractivity contribution in [2.75, 3.05) is 18.0 Å². The molecule has 1 saturated heterocycles. The maximum Gasteiger partial charge on any atom is 0.147 e. The van der Waals surface area contributed by atoms with Crippen LogP contribution in [0.4, 0.5) is 5.82 Å². The molecule has 0 atom stereocenters. The fraction of sp³-hybridized carbons (Fsp3) is 0.474. The summed E-state index contributed by atoms with van der Waals surface area (Å²) >= 11 is 7.63. The number of rotatable bonds is 3. The molecule has 3 nitrogen and oxygen atoms in total. The first kappa shape index (κ1) is 16.2. The highest BCUT2D eigenvalue weighted by atomic mass is 35.5. The van der Waals surface area contributed by atoms with Crippen molar-refractivity contribution in [2.24, 2.45) is 5.41 Å². The normalized spacial score (nSPS) is 19.8. The van der Waals surface area contributed by atoms with E-state index in [1.165, 1.54) is 38.5 Å². The Morgan fingerprint density at radius 3 is 2.46 bits per heavy atom. The molecule has 126 valence electrons. The van der Waals surface area contributed by atoms with Gasteiger partial charge in [-0.15, -0.1) is 0 Å². The molecule has 2 fully saturated rings. The van der Waals surface area contributed by atoms with Crippen LogP contribution in [-0.4, -0.2) is 23.1 Å². The Hall–Kier alpha value is -1.26. The molecule has 1 aliphatic carbocycles. The van der Waals surface area contributed by atoms with Crippen LogP contribution in [0, 0.1) is 5.41 Å². The number of aromatic nitrogens is 2. The maximum absolute atomic E-state index is 6.03. The highest BCUT2D eigenvalue weighted by Crippen LogP contribution is 2.46. The summed E-state index contributed by atoms with van der Waals surface area (Å²) in [6.07, 6.45) is 12.1. The van der Waals surface area contributed by atoms with E-state index in [4.69, 9.17) is 11.6 Å². The second kappa shape index (κ2) is 6.93. The van der Waals surface area contributed by atoms with Crippen LogP contribution in [0.25, 0.3) is 0 Å². The monoisotopic (exact) mass is 359 g/mol. The van der Waals surface area contributed by atoms with E-state index >= 15 is 0 Å². The van der Waals surface area contributed by atoms with Gasteiger partial charge >= 0.3 is 0 Å². The third-order valence-electron chi connectivity index (χ3n) is 5.45. The summed E-state index contributed by atoms with van der Waals surface area (Å²) in [5.74, 6) is 1.01. The van der Waals surface area contributed by atoms with Crippen LogP contribution >= 0.6 is 23.4 Å². The molecular formula is C19H22ClN3S. The van der Waals surface area contributed by atoms with Gasteiger partial charge in [0.15, 0.2) is 0 Å². The van der Waals surface area contributed by atoms with Gasteiger partial charge in [0.1, 0.15) is 10.8 Å². The highest BCUT2D eigenvalue weighted by molar-refractivity contribution is 7.99. The second-order valence-corrected chi connectivity index (χ2v) is 8.50. The summed E-state index contributed by atoms with van der Waals surface area (Å²) < 4.78 is 0. The van der Waals surface area contributed by atoms with Crippen molar-refractivity contribution in [3.8, 4) is 0 Å². The number of halogens is 1. The molecule has 2 aromatic rings. The summed E-state index contributed by atoms with van der Waals surface area (Å²) in [7, 11) is 0. The summed E-state index contributed by atoms with van der Waals surface area (Å²) in [4.78, 5) is 12.7. The minimum atomic E-state index is 0.645. The van der Waals surface area contributed by atoms with Crippen LogP contribution in [0.3, 0.4) is 0 Å². The third-order valence-corrected chi connectivity index (χ3v) is 6.59. The minimum absolute atomic E-state index is 0.645. The summed E-state index contributed by atoms with van der Waals surface area (Å²) in [5, 5.41) is 1.66. The third kappa shape index (κ3) is 3.55. The quantitative estimate of drug-likeness (QED) is 0.729. The molecule has 24 heavy (non-hydrogen) atoms.